The molecule has 11 aromatic carbocycles. The highest BCUT2D eigenvalue weighted by Crippen LogP contribution is 2.66. The molecule has 73 heavy (non-hydrogen) atoms. The molecular formula is C69H49N3S. The molecule has 0 saturated heterocycles. The lowest BCUT2D eigenvalue weighted by Gasteiger charge is -2.41. The Bertz CT molecular complexity index is 4050. The largest absolute Gasteiger partial charge is 0.310 e. The number of anilines is 6. The molecule has 346 valence electrons. The molecule has 1 aromatic heterocycles. The summed E-state index contributed by atoms with van der Waals surface area (Å²) in [4.78, 5) is 5.86. The number of nitrogens with zero attached hydrogens (tertiary/aromatic N) is 3. The van der Waals surface area contributed by atoms with Crippen molar-refractivity contribution in [3.63, 3.8) is 0 Å². The number of hydrogen-bond donors (Lipinski definition) is 1. The van der Waals surface area contributed by atoms with Gasteiger partial charge in [0.1, 0.15) is 0 Å². The van der Waals surface area contributed by atoms with Gasteiger partial charge in [0.2, 0.25) is 0 Å². The highest BCUT2D eigenvalue weighted by atomic mass is 32.1. The van der Waals surface area contributed by atoms with Crippen LogP contribution in [0.5, 0.6) is 0 Å². The summed E-state index contributed by atoms with van der Waals surface area (Å²) in [5.74, 6) is 0.0345. The maximum atomic E-state index is 5.51. The summed E-state index contributed by atoms with van der Waals surface area (Å²) >= 11 is 5.51. The first-order chi connectivity index (χ1) is 36.2. The Morgan fingerprint density at radius 2 is 0.945 bits per heavy atom. The van der Waals surface area contributed by atoms with Crippen LogP contribution in [0.4, 0.5) is 34.1 Å². The van der Waals surface area contributed by atoms with Gasteiger partial charge in [-0.3, -0.25) is 0 Å². The van der Waals surface area contributed by atoms with E-state index in [1.54, 1.807) is 0 Å². The summed E-state index contributed by atoms with van der Waals surface area (Å²) in [7, 11) is 0. The van der Waals surface area contributed by atoms with E-state index in [0.717, 1.165) is 62.2 Å². The van der Waals surface area contributed by atoms with Crippen LogP contribution in [-0.2, 0) is 5.41 Å². The van der Waals surface area contributed by atoms with Crippen molar-refractivity contribution in [2.75, 3.05) is 9.80 Å². The number of allylic oxidation sites excluding steroid dienone is 4. The zero-order chi connectivity index (χ0) is 48.5. The maximum Gasteiger partial charge on any atom is 0.0788 e. The molecule has 2 aliphatic rings. The molecule has 4 heteroatoms. The molecule has 2 unspecified atom stereocenters. The second-order valence-electron chi connectivity index (χ2n) is 19.2. The topological polar surface area (TPSA) is 11.4 Å². The van der Waals surface area contributed by atoms with Crippen molar-refractivity contribution in [3.8, 4) is 16.8 Å². The summed E-state index contributed by atoms with van der Waals surface area (Å²) in [6.45, 7) is 0. The van der Waals surface area contributed by atoms with Crippen molar-refractivity contribution >= 4 is 90.1 Å². The number of thiol groups is 1. The molecular weight excluding hydrogens is 903 g/mol. The fraction of sp³-hybridized carbons (Fsp3) is 0.0435. The summed E-state index contributed by atoms with van der Waals surface area (Å²) in [6, 6.07) is 91.3. The number of para-hydroxylation sites is 5. The predicted octanol–water partition coefficient (Wildman–Crippen LogP) is 18.8. The zero-order valence-corrected chi connectivity index (χ0v) is 40.9. The Labute approximate surface area is 431 Å². The van der Waals surface area contributed by atoms with Crippen LogP contribution >= 0.6 is 12.6 Å². The summed E-state index contributed by atoms with van der Waals surface area (Å²) in [6.07, 6.45) is 10.2. The van der Waals surface area contributed by atoms with Crippen LogP contribution in [0.25, 0.3) is 60.2 Å². The van der Waals surface area contributed by atoms with Gasteiger partial charge in [-0.1, -0.05) is 182 Å². The molecule has 0 saturated carbocycles. The van der Waals surface area contributed by atoms with Crippen LogP contribution in [0, 0.1) is 5.92 Å². The summed E-state index contributed by atoms with van der Waals surface area (Å²) in [5.41, 5.74) is 15.5. The van der Waals surface area contributed by atoms with Crippen molar-refractivity contribution in [2.45, 2.75) is 16.7 Å². The van der Waals surface area contributed by atoms with Crippen molar-refractivity contribution in [2.24, 2.45) is 5.92 Å². The fourth-order valence-electron chi connectivity index (χ4n) is 12.6. The summed E-state index contributed by atoms with van der Waals surface area (Å²) < 4.78 is 2.54. The highest BCUT2D eigenvalue weighted by Gasteiger charge is 2.53. The quantitative estimate of drug-likeness (QED) is 0.114. The van der Waals surface area contributed by atoms with Gasteiger partial charge < -0.3 is 14.4 Å². The first-order valence-corrected chi connectivity index (χ1v) is 25.7. The van der Waals surface area contributed by atoms with Crippen molar-refractivity contribution < 1.29 is 0 Å². The van der Waals surface area contributed by atoms with Crippen LogP contribution in [0.1, 0.15) is 23.1 Å². The van der Waals surface area contributed by atoms with Crippen molar-refractivity contribution in [1.82, 2.24) is 4.57 Å². The van der Waals surface area contributed by atoms with E-state index >= 15 is 0 Å². The molecule has 1 heterocycles. The van der Waals surface area contributed by atoms with Gasteiger partial charge in [0, 0.05) is 49.8 Å². The predicted molar refractivity (Wildman–Crippen MR) is 311 cm³/mol. The highest BCUT2D eigenvalue weighted by molar-refractivity contribution is 7.80. The molecule has 2 atom stereocenters. The van der Waals surface area contributed by atoms with Crippen LogP contribution in [0.3, 0.4) is 0 Å². The third kappa shape index (κ3) is 6.61. The summed E-state index contributed by atoms with van der Waals surface area (Å²) in [5, 5.41) is 7.39. The third-order valence-corrected chi connectivity index (χ3v) is 15.8. The third-order valence-electron chi connectivity index (χ3n) is 15.4. The molecule has 0 fully saturated rings. The molecule has 0 bridgehead atoms. The Balaban J connectivity index is 1.27. The minimum Gasteiger partial charge on any atom is -0.310 e. The number of fused-ring (bicyclic) bond motifs is 12. The molecule has 14 rings (SSSR count). The van der Waals surface area contributed by atoms with E-state index in [0.29, 0.717) is 0 Å². The Morgan fingerprint density at radius 3 is 1.53 bits per heavy atom. The Hall–Kier alpha value is -8.83. The average Bonchev–Trinajstić information content (AvgIpc) is 4.11. The average molecular weight is 952 g/mol. The smallest absolute Gasteiger partial charge is 0.0788 e. The Morgan fingerprint density at radius 1 is 0.425 bits per heavy atom. The van der Waals surface area contributed by atoms with Gasteiger partial charge in [0.05, 0.1) is 22.1 Å². The van der Waals surface area contributed by atoms with E-state index in [1.165, 1.54) is 60.1 Å². The van der Waals surface area contributed by atoms with E-state index in [-0.39, 0.29) is 5.92 Å². The molecule has 0 N–H and O–H groups in total. The normalized spacial score (nSPS) is 15.8. The van der Waals surface area contributed by atoms with E-state index < -0.39 is 5.41 Å². The zero-order valence-electron chi connectivity index (χ0n) is 40.1. The van der Waals surface area contributed by atoms with E-state index in [2.05, 4.69) is 287 Å². The van der Waals surface area contributed by atoms with Gasteiger partial charge in [0.25, 0.3) is 0 Å². The molecule has 0 spiro atoms. The first kappa shape index (κ1) is 43.0. The lowest BCUT2D eigenvalue weighted by atomic mass is 9.61. The van der Waals surface area contributed by atoms with Crippen LogP contribution in [0.2, 0.25) is 0 Å². The first-order valence-electron chi connectivity index (χ1n) is 25.3. The second-order valence-corrected chi connectivity index (χ2v) is 19.7. The van der Waals surface area contributed by atoms with Crippen molar-refractivity contribution in [3.05, 3.63) is 290 Å². The molecule has 2 aliphatic carbocycles. The van der Waals surface area contributed by atoms with Gasteiger partial charge in [-0.05, 0) is 153 Å². The molecule has 12 aromatic rings. The van der Waals surface area contributed by atoms with Gasteiger partial charge >= 0.3 is 0 Å². The number of rotatable bonds is 9. The van der Waals surface area contributed by atoms with Crippen LogP contribution in [0.15, 0.2) is 278 Å². The number of benzene rings is 11. The standard InChI is InChI=1S/C69H49N3S/c73-63-42-24-23-41-59(63)69(47-25-7-1-8-26-47)60-46-62(71(50-31-13-4-14-32-50)51-33-15-5-16-34-51)68-65(66(60)64-56-39-21-19-37-54(56)55-38-20-22-40-57(55)67(64)69)58-45-53(43-44-61(58)72(68)52-35-17-6-18-36-52)70(48-27-9-2-10-28-48)49-29-11-3-12-30-49/h1-25,27-47,73H,26H2. The minimum atomic E-state index is -0.700. The minimum absolute atomic E-state index is 0.0345. The fourth-order valence-corrected chi connectivity index (χ4v) is 13.0. The lowest BCUT2D eigenvalue weighted by molar-refractivity contribution is 0.454. The number of hydrogen-bond acceptors (Lipinski definition) is 3. The van der Waals surface area contributed by atoms with E-state index in [1.807, 2.05) is 0 Å². The van der Waals surface area contributed by atoms with Crippen LogP contribution < -0.4 is 9.80 Å². The van der Waals surface area contributed by atoms with Crippen molar-refractivity contribution in [1.29, 1.82) is 0 Å². The SMILES string of the molecule is Sc1ccccc1C1(C2C=CC=CC2)c2cc(N(c3ccccc3)c3ccccc3)c3c(c2-c2c1c1ccccc1c1ccccc21)c1cc(N(c2ccccc2)c2ccccc2)ccc1n3-c1ccccc1. The van der Waals surface area contributed by atoms with E-state index in [4.69, 9.17) is 12.6 Å². The van der Waals surface area contributed by atoms with Gasteiger partial charge in [-0.2, -0.15) is 0 Å². The molecule has 3 nitrogen and oxygen atoms in total. The van der Waals surface area contributed by atoms with E-state index in [9.17, 15) is 0 Å². The Kier molecular flexibility index (Phi) is 10.3. The lowest BCUT2D eigenvalue weighted by Crippen LogP contribution is -2.36. The monoisotopic (exact) mass is 951 g/mol. The van der Waals surface area contributed by atoms with Gasteiger partial charge in [-0.25, -0.2) is 0 Å². The number of aromatic nitrogens is 1. The van der Waals surface area contributed by atoms with Crippen LogP contribution in [-0.4, -0.2) is 4.57 Å². The van der Waals surface area contributed by atoms with Gasteiger partial charge in [0.15, 0.2) is 0 Å². The maximum absolute atomic E-state index is 5.51. The second kappa shape index (κ2) is 17.5. The molecule has 0 amide bonds. The molecule has 0 radical (unpaired) electrons. The molecule has 0 aliphatic heterocycles. The van der Waals surface area contributed by atoms with Gasteiger partial charge in [-0.15, -0.1) is 12.6 Å².